The van der Waals surface area contributed by atoms with E-state index in [2.05, 4.69) is 4.98 Å². The van der Waals surface area contributed by atoms with Crippen molar-refractivity contribution in [2.24, 2.45) is 5.73 Å². The number of nitrogens with one attached hydrogen (secondary N) is 1. The normalized spacial score (nSPS) is 16.6. The number of hydrogen-bond donors (Lipinski definition) is 3. The maximum absolute atomic E-state index is 11.0. The number of H-pyrrole nitrogens is 1. The molecule has 0 saturated heterocycles. The van der Waals surface area contributed by atoms with E-state index in [9.17, 15) is 9.59 Å². The van der Waals surface area contributed by atoms with Crippen LogP contribution >= 0.6 is 0 Å². The Hall–Kier alpha value is -2.50. The largest absolute Gasteiger partial charge is 0.481 e. The number of fused-ring (bicyclic) bond motifs is 3. The van der Waals surface area contributed by atoms with Gasteiger partial charge >= 0.3 is 5.97 Å². The number of rotatable bonds is 6. The van der Waals surface area contributed by atoms with Crippen LogP contribution in [0.1, 0.15) is 36.4 Å². The molecule has 0 spiro atoms. The van der Waals surface area contributed by atoms with Crippen molar-refractivity contribution in [3.63, 3.8) is 0 Å². The zero-order chi connectivity index (χ0) is 15.7. The summed E-state index contributed by atoms with van der Waals surface area (Å²) in [6.07, 6.45) is 2.96. The molecular formula is C16H18N2O4. The second kappa shape index (κ2) is 5.71. The molecule has 6 heteroatoms. The maximum Gasteiger partial charge on any atom is 0.341 e. The molecule has 2 aromatic rings. The number of amides is 1. The zero-order valence-corrected chi connectivity index (χ0v) is 12.1. The molecule has 1 aromatic heterocycles. The van der Waals surface area contributed by atoms with E-state index in [0.29, 0.717) is 18.6 Å². The molecule has 0 saturated carbocycles. The van der Waals surface area contributed by atoms with Gasteiger partial charge in [-0.25, -0.2) is 4.79 Å². The van der Waals surface area contributed by atoms with Gasteiger partial charge in [0.05, 0.1) is 0 Å². The molecule has 4 N–H and O–H groups in total. The molecule has 116 valence electrons. The smallest absolute Gasteiger partial charge is 0.341 e. The summed E-state index contributed by atoms with van der Waals surface area (Å²) < 4.78 is 5.43. The highest BCUT2D eigenvalue weighted by Gasteiger charge is 2.28. The minimum Gasteiger partial charge on any atom is -0.481 e. The van der Waals surface area contributed by atoms with Gasteiger partial charge in [-0.2, -0.15) is 0 Å². The molecule has 1 unspecified atom stereocenters. The van der Waals surface area contributed by atoms with Crippen LogP contribution in [0.4, 0.5) is 0 Å². The monoisotopic (exact) mass is 302 g/mol. The Kier molecular flexibility index (Phi) is 3.75. The predicted molar refractivity (Wildman–Crippen MR) is 80.9 cm³/mol. The van der Waals surface area contributed by atoms with Crippen LogP contribution in [-0.4, -0.2) is 28.6 Å². The molecule has 0 bridgehead atoms. The number of aromatic nitrogens is 1. The Morgan fingerprint density at radius 2 is 2.23 bits per heavy atom. The van der Waals surface area contributed by atoms with E-state index in [1.165, 1.54) is 0 Å². The third-order valence-corrected chi connectivity index (χ3v) is 4.15. The second-order valence-electron chi connectivity index (χ2n) is 5.62. The Labute approximate surface area is 127 Å². The number of carboxylic acids is 1. The molecule has 22 heavy (non-hydrogen) atoms. The van der Waals surface area contributed by atoms with Crippen molar-refractivity contribution in [1.29, 1.82) is 0 Å². The van der Waals surface area contributed by atoms with Crippen molar-refractivity contribution in [2.75, 3.05) is 6.61 Å². The fraction of sp³-hybridized carbons (Fsp3) is 0.375. The van der Waals surface area contributed by atoms with Gasteiger partial charge in [0.1, 0.15) is 5.75 Å². The van der Waals surface area contributed by atoms with E-state index < -0.39 is 5.97 Å². The Balaban J connectivity index is 1.97. The summed E-state index contributed by atoms with van der Waals surface area (Å²) in [5, 5.41) is 9.74. The van der Waals surface area contributed by atoms with Gasteiger partial charge in [-0.15, -0.1) is 0 Å². The van der Waals surface area contributed by atoms with Gasteiger partial charge in [0.15, 0.2) is 6.61 Å². The van der Waals surface area contributed by atoms with E-state index in [1.807, 2.05) is 12.1 Å². The SMILES string of the molecule is NC(=O)CCC1CCc2[nH]c3cccc(OCC(=O)O)c3c21. The minimum atomic E-state index is -1.01. The molecule has 0 radical (unpaired) electrons. The molecule has 1 amide bonds. The van der Waals surface area contributed by atoms with Crippen LogP contribution in [0.3, 0.4) is 0 Å². The van der Waals surface area contributed by atoms with E-state index in [0.717, 1.165) is 35.0 Å². The van der Waals surface area contributed by atoms with Gasteiger partial charge in [0.25, 0.3) is 0 Å². The first kappa shape index (κ1) is 14.4. The number of carboxylic acid groups (broad SMARTS) is 1. The van der Waals surface area contributed by atoms with Gasteiger partial charge in [-0.3, -0.25) is 4.79 Å². The number of nitrogens with two attached hydrogens (primary N) is 1. The summed E-state index contributed by atoms with van der Waals surface area (Å²) in [7, 11) is 0. The minimum absolute atomic E-state index is 0.255. The summed E-state index contributed by atoms with van der Waals surface area (Å²) in [5.74, 6) is -0.473. The molecule has 1 aromatic carbocycles. The van der Waals surface area contributed by atoms with E-state index in [1.54, 1.807) is 6.07 Å². The van der Waals surface area contributed by atoms with Crippen LogP contribution in [0.2, 0.25) is 0 Å². The Morgan fingerprint density at radius 3 is 2.95 bits per heavy atom. The molecule has 1 aliphatic carbocycles. The number of carbonyl (C=O) groups is 2. The van der Waals surface area contributed by atoms with E-state index in [-0.39, 0.29) is 18.4 Å². The number of aliphatic carboxylic acids is 1. The standard InChI is InChI=1S/C16H18N2O4/c17-13(19)7-5-9-4-6-11-15(9)16-10(18-11)2-1-3-12(16)22-8-14(20)21/h1-3,9,18H,4-8H2,(H2,17,19)(H,20,21). The van der Waals surface area contributed by atoms with Gasteiger partial charge in [0, 0.05) is 23.0 Å². The molecule has 1 aliphatic rings. The summed E-state index contributed by atoms with van der Waals surface area (Å²) in [4.78, 5) is 25.2. The van der Waals surface area contributed by atoms with Crippen molar-refractivity contribution < 1.29 is 19.4 Å². The van der Waals surface area contributed by atoms with Crippen LogP contribution in [0.25, 0.3) is 10.9 Å². The fourth-order valence-electron chi connectivity index (χ4n) is 3.27. The quantitative estimate of drug-likeness (QED) is 0.758. The molecule has 1 heterocycles. The number of carbonyl (C=O) groups excluding carboxylic acids is 1. The molecule has 3 rings (SSSR count). The molecular weight excluding hydrogens is 284 g/mol. The van der Waals surface area contributed by atoms with Crippen LogP contribution in [0.5, 0.6) is 5.75 Å². The summed E-state index contributed by atoms with van der Waals surface area (Å²) in [6, 6.07) is 5.57. The molecule has 1 atom stereocenters. The lowest BCUT2D eigenvalue weighted by molar-refractivity contribution is -0.139. The lowest BCUT2D eigenvalue weighted by Gasteiger charge is -2.12. The third-order valence-electron chi connectivity index (χ3n) is 4.15. The first-order valence-electron chi connectivity index (χ1n) is 7.32. The number of primary amides is 1. The Bertz CT molecular complexity index is 735. The summed E-state index contributed by atoms with van der Waals surface area (Å²) in [6.45, 7) is -0.370. The lowest BCUT2D eigenvalue weighted by atomic mass is 9.94. The van der Waals surface area contributed by atoms with Gasteiger partial charge in [0.2, 0.25) is 5.91 Å². The van der Waals surface area contributed by atoms with Crippen molar-refractivity contribution >= 4 is 22.8 Å². The van der Waals surface area contributed by atoms with E-state index >= 15 is 0 Å². The van der Waals surface area contributed by atoms with Crippen LogP contribution < -0.4 is 10.5 Å². The third kappa shape index (κ3) is 2.64. The van der Waals surface area contributed by atoms with Crippen molar-refractivity contribution in [2.45, 2.75) is 31.6 Å². The molecule has 6 nitrogen and oxygen atoms in total. The average Bonchev–Trinajstić information content (AvgIpc) is 3.01. The Morgan fingerprint density at radius 1 is 1.41 bits per heavy atom. The summed E-state index contributed by atoms with van der Waals surface area (Å²) >= 11 is 0. The lowest BCUT2D eigenvalue weighted by Crippen LogP contribution is -2.12. The van der Waals surface area contributed by atoms with Gasteiger partial charge in [-0.1, -0.05) is 6.07 Å². The second-order valence-corrected chi connectivity index (χ2v) is 5.62. The zero-order valence-electron chi connectivity index (χ0n) is 12.1. The van der Waals surface area contributed by atoms with Crippen molar-refractivity contribution in [3.05, 3.63) is 29.5 Å². The average molecular weight is 302 g/mol. The summed E-state index contributed by atoms with van der Waals surface area (Å²) in [5.41, 5.74) is 8.49. The van der Waals surface area contributed by atoms with Gasteiger partial charge in [-0.05, 0) is 42.9 Å². The topological polar surface area (TPSA) is 105 Å². The number of aromatic amines is 1. The van der Waals surface area contributed by atoms with E-state index in [4.69, 9.17) is 15.6 Å². The van der Waals surface area contributed by atoms with Crippen LogP contribution in [0, 0.1) is 0 Å². The highest BCUT2D eigenvalue weighted by Crippen LogP contribution is 2.44. The van der Waals surface area contributed by atoms with Crippen molar-refractivity contribution in [1.82, 2.24) is 4.98 Å². The first-order valence-corrected chi connectivity index (χ1v) is 7.32. The molecule has 0 aliphatic heterocycles. The number of hydrogen-bond acceptors (Lipinski definition) is 3. The predicted octanol–water partition coefficient (Wildman–Crippen LogP) is 1.93. The highest BCUT2D eigenvalue weighted by molar-refractivity contribution is 5.92. The number of ether oxygens (including phenoxy) is 1. The highest BCUT2D eigenvalue weighted by atomic mass is 16.5. The first-order chi connectivity index (χ1) is 10.6. The van der Waals surface area contributed by atoms with Crippen LogP contribution in [-0.2, 0) is 16.0 Å². The maximum atomic E-state index is 11.0. The number of aryl methyl sites for hydroxylation is 1. The fourth-order valence-corrected chi connectivity index (χ4v) is 3.27. The van der Waals surface area contributed by atoms with Crippen molar-refractivity contribution in [3.8, 4) is 5.75 Å². The number of benzene rings is 1. The van der Waals surface area contributed by atoms with Crippen LogP contribution in [0.15, 0.2) is 18.2 Å². The molecule has 0 fully saturated rings. The van der Waals surface area contributed by atoms with Gasteiger partial charge < -0.3 is 20.6 Å².